The number of benzene rings is 1. The van der Waals surface area contributed by atoms with Crippen LogP contribution in [-0.4, -0.2) is 42.1 Å². The van der Waals surface area contributed by atoms with E-state index >= 15 is 0 Å². The van der Waals surface area contributed by atoms with Crippen LogP contribution in [0.5, 0.6) is 0 Å². The molecule has 0 aliphatic heterocycles. The van der Waals surface area contributed by atoms with Gasteiger partial charge in [0.15, 0.2) is 0 Å². The van der Waals surface area contributed by atoms with Gasteiger partial charge in [0.05, 0.1) is 12.6 Å². The van der Waals surface area contributed by atoms with Crippen LogP contribution in [-0.2, 0) is 11.3 Å². The molecule has 0 heterocycles. The van der Waals surface area contributed by atoms with E-state index in [-0.39, 0.29) is 5.91 Å². The van der Waals surface area contributed by atoms with E-state index in [2.05, 4.69) is 5.32 Å². The molecule has 2 rings (SSSR count). The van der Waals surface area contributed by atoms with Crippen molar-refractivity contribution in [3.63, 3.8) is 0 Å². The van der Waals surface area contributed by atoms with Crippen LogP contribution in [0.3, 0.4) is 0 Å². The second kappa shape index (κ2) is 6.83. The van der Waals surface area contributed by atoms with Crippen LogP contribution in [0.1, 0.15) is 30.1 Å². The molecular formula is C15H23N3O2. The highest BCUT2D eigenvalue weighted by atomic mass is 16.3. The summed E-state index contributed by atoms with van der Waals surface area (Å²) in [6.45, 7) is 1.24. The molecule has 0 bridgehead atoms. The summed E-state index contributed by atoms with van der Waals surface area (Å²) in [7, 11) is 1.84. The zero-order chi connectivity index (χ0) is 14.5. The summed E-state index contributed by atoms with van der Waals surface area (Å²) in [5.41, 5.74) is 7.43. The Morgan fingerprint density at radius 3 is 2.65 bits per heavy atom. The maximum Gasteiger partial charge on any atom is 0.234 e. The van der Waals surface area contributed by atoms with Crippen molar-refractivity contribution in [3.8, 4) is 0 Å². The molecule has 1 aliphatic rings. The van der Waals surface area contributed by atoms with Gasteiger partial charge in [-0.05, 0) is 31.0 Å². The van der Waals surface area contributed by atoms with Gasteiger partial charge in [-0.15, -0.1) is 0 Å². The number of carbonyl (C=O) groups is 1. The lowest BCUT2D eigenvalue weighted by Gasteiger charge is -2.20. The molecule has 0 saturated heterocycles. The van der Waals surface area contributed by atoms with Gasteiger partial charge in [0.25, 0.3) is 0 Å². The smallest absolute Gasteiger partial charge is 0.234 e. The highest BCUT2D eigenvalue weighted by molar-refractivity contribution is 5.78. The van der Waals surface area contributed by atoms with Gasteiger partial charge in [0, 0.05) is 19.1 Å². The van der Waals surface area contributed by atoms with Gasteiger partial charge in [-0.1, -0.05) is 24.3 Å². The molecule has 110 valence electrons. The number of nitrogens with two attached hydrogens (primary N) is 1. The summed E-state index contributed by atoms with van der Waals surface area (Å²) < 4.78 is 0. The van der Waals surface area contributed by atoms with E-state index in [1.165, 1.54) is 0 Å². The zero-order valence-corrected chi connectivity index (χ0v) is 11.9. The number of carbonyl (C=O) groups excluding carboxylic acids is 1. The summed E-state index contributed by atoms with van der Waals surface area (Å²) in [4.78, 5) is 13.5. The fourth-order valence-corrected chi connectivity index (χ4v) is 2.09. The number of hydrogen-bond donors (Lipinski definition) is 3. The standard InChI is InChI=1S/C15H23N3O2/c1-18(10-15(20)17-13-6-7-13)9-14(19)12-4-2-11(8-16)3-5-12/h2-5,13-14,19H,6-10,16H2,1H3,(H,17,20). The van der Waals surface area contributed by atoms with Crippen molar-refractivity contribution in [1.82, 2.24) is 10.2 Å². The Bertz CT molecular complexity index is 443. The summed E-state index contributed by atoms with van der Waals surface area (Å²) in [5, 5.41) is 13.1. The van der Waals surface area contributed by atoms with Crippen LogP contribution in [0.4, 0.5) is 0 Å². The number of rotatable bonds is 7. The number of aliphatic hydroxyl groups excluding tert-OH is 1. The SMILES string of the molecule is CN(CC(=O)NC1CC1)CC(O)c1ccc(CN)cc1. The highest BCUT2D eigenvalue weighted by Gasteiger charge is 2.23. The van der Waals surface area contributed by atoms with E-state index in [0.29, 0.717) is 25.7 Å². The summed E-state index contributed by atoms with van der Waals surface area (Å²) in [6, 6.07) is 7.97. The van der Waals surface area contributed by atoms with Crippen LogP contribution in [0.15, 0.2) is 24.3 Å². The minimum absolute atomic E-state index is 0.0284. The number of nitrogens with one attached hydrogen (secondary N) is 1. The molecule has 1 aliphatic carbocycles. The molecule has 1 aromatic carbocycles. The predicted octanol–water partition coefficient (Wildman–Crippen LogP) is 0.389. The quantitative estimate of drug-likeness (QED) is 0.673. The number of aliphatic hydroxyl groups is 1. The first-order chi connectivity index (χ1) is 9.58. The van der Waals surface area contributed by atoms with Gasteiger partial charge < -0.3 is 16.2 Å². The molecule has 0 spiro atoms. The van der Waals surface area contributed by atoms with E-state index in [1.807, 2.05) is 36.2 Å². The number of nitrogens with zero attached hydrogens (tertiary/aromatic N) is 1. The van der Waals surface area contributed by atoms with Crippen LogP contribution in [0.2, 0.25) is 0 Å². The van der Waals surface area contributed by atoms with Gasteiger partial charge in [-0.2, -0.15) is 0 Å². The Morgan fingerprint density at radius 2 is 2.10 bits per heavy atom. The number of likely N-dealkylation sites (N-methyl/N-ethyl adjacent to an activating group) is 1. The fourth-order valence-electron chi connectivity index (χ4n) is 2.09. The molecule has 5 nitrogen and oxygen atoms in total. The largest absolute Gasteiger partial charge is 0.387 e. The van der Waals surface area contributed by atoms with Crippen molar-refractivity contribution in [1.29, 1.82) is 0 Å². The molecule has 0 radical (unpaired) electrons. The van der Waals surface area contributed by atoms with E-state index < -0.39 is 6.10 Å². The molecule has 4 N–H and O–H groups in total. The Balaban J connectivity index is 1.79. The van der Waals surface area contributed by atoms with Gasteiger partial charge >= 0.3 is 0 Å². The maximum atomic E-state index is 11.7. The second-order valence-electron chi connectivity index (χ2n) is 5.50. The van der Waals surface area contributed by atoms with Crippen molar-refractivity contribution >= 4 is 5.91 Å². The van der Waals surface area contributed by atoms with Crippen LogP contribution >= 0.6 is 0 Å². The third kappa shape index (κ3) is 4.59. The van der Waals surface area contributed by atoms with Crippen molar-refractivity contribution in [2.75, 3.05) is 20.1 Å². The molecular weight excluding hydrogens is 254 g/mol. The molecule has 0 aromatic heterocycles. The van der Waals surface area contributed by atoms with Crippen LogP contribution < -0.4 is 11.1 Å². The third-order valence-corrected chi connectivity index (χ3v) is 3.44. The van der Waals surface area contributed by atoms with Crippen LogP contribution in [0, 0.1) is 0 Å². The summed E-state index contributed by atoms with van der Waals surface area (Å²) in [6.07, 6.45) is 1.58. The van der Waals surface area contributed by atoms with Crippen molar-refractivity contribution in [2.45, 2.75) is 31.5 Å². The lowest BCUT2D eigenvalue weighted by Crippen LogP contribution is -2.37. The van der Waals surface area contributed by atoms with Crippen molar-refractivity contribution < 1.29 is 9.90 Å². The molecule has 1 aromatic rings. The normalized spacial score (nSPS) is 16.2. The first kappa shape index (κ1) is 15.0. The van der Waals surface area contributed by atoms with Crippen molar-refractivity contribution in [3.05, 3.63) is 35.4 Å². The molecule has 1 saturated carbocycles. The van der Waals surface area contributed by atoms with E-state index in [4.69, 9.17) is 5.73 Å². The Morgan fingerprint density at radius 1 is 1.45 bits per heavy atom. The zero-order valence-electron chi connectivity index (χ0n) is 11.9. The highest BCUT2D eigenvalue weighted by Crippen LogP contribution is 2.18. The molecule has 1 fully saturated rings. The predicted molar refractivity (Wildman–Crippen MR) is 78.0 cm³/mol. The van der Waals surface area contributed by atoms with Gasteiger partial charge in [-0.25, -0.2) is 0 Å². The minimum Gasteiger partial charge on any atom is -0.387 e. The van der Waals surface area contributed by atoms with Crippen molar-refractivity contribution in [2.24, 2.45) is 5.73 Å². The number of hydrogen-bond acceptors (Lipinski definition) is 4. The monoisotopic (exact) mass is 277 g/mol. The Hall–Kier alpha value is -1.43. The lowest BCUT2D eigenvalue weighted by atomic mass is 10.1. The molecule has 20 heavy (non-hydrogen) atoms. The first-order valence-corrected chi connectivity index (χ1v) is 7.03. The summed E-state index contributed by atoms with van der Waals surface area (Å²) in [5.74, 6) is 0.0284. The Labute approximate surface area is 119 Å². The maximum absolute atomic E-state index is 11.7. The molecule has 5 heteroatoms. The average Bonchev–Trinajstić information content (AvgIpc) is 3.22. The second-order valence-corrected chi connectivity index (χ2v) is 5.50. The van der Waals surface area contributed by atoms with Crippen LogP contribution in [0.25, 0.3) is 0 Å². The third-order valence-electron chi connectivity index (χ3n) is 3.44. The van der Waals surface area contributed by atoms with Gasteiger partial charge in [0.1, 0.15) is 0 Å². The fraction of sp³-hybridized carbons (Fsp3) is 0.533. The van der Waals surface area contributed by atoms with E-state index in [9.17, 15) is 9.90 Å². The number of amides is 1. The van der Waals surface area contributed by atoms with Gasteiger partial charge in [-0.3, -0.25) is 9.69 Å². The molecule has 1 unspecified atom stereocenters. The topological polar surface area (TPSA) is 78.6 Å². The molecule has 1 amide bonds. The Kier molecular flexibility index (Phi) is 5.11. The minimum atomic E-state index is -0.597. The van der Waals surface area contributed by atoms with Gasteiger partial charge in [0.2, 0.25) is 5.91 Å². The summed E-state index contributed by atoms with van der Waals surface area (Å²) >= 11 is 0. The first-order valence-electron chi connectivity index (χ1n) is 7.03. The lowest BCUT2D eigenvalue weighted by molar-refractivity contribution is -0.122. The molecule has 1 atom stereocenters. The van der Waals surface area contributed by atoms with E-state index in [1.54, 1.807) is 0 Å². The average molecular weight is 277 g/mol. The van der Waals surface area contributed by atoms with E-state index in [0.717, 1.165) is 24.0 Å².